The Hall–Kier alpha value is -8.20. The highest BCUT2D eigenvalue weighted by atomic mass is 16.3. The van der Waals surface area contributed by atoms with Crippen LogP contribution in [0, 0.1) is 0 Å². The van der Waals surface area contributed by atoms with Crippen molar-refractivity contribution in [2.24, 2.45) is 0 Å². The molecule has 12 rings (SSSR count). The predicted octanol–water partition coefficient (Wildman–Crippen LogP) is 19.8. The summed E-state index contributed by atoms with van der Waals surface area (Å²) in [5, 5.41) is 9.63. The third-order valence-electron chi connectivity index (χ3n) is 14.4. The Bertz CT molecular complexity index is 3950. The van der Waals surface area contributed by atoms with Gasteiger partial charge >= 0.3 is 0 Å². The minimum absolute atomic E-state index is 0.0244. The molecule has 0 N–H and O–H groups in total. The molecular formula is C68H55NO. The van der Waals surface area contributed by atoms with Gasteiger partial charge in [0.05, 0.1) is 17.1 Å². The second-order valence-electron chi connectivity index (χ2n) is 20.9. The first-order valence-electron chi connectivity index (χ1n) is 24.6. The van der Waals surface area contributed by atoms with Crippen molar-refractivity contribution >= 4 is 71.3 Å². The summed E-state index contributed by atoms with van der Waals surface area (Å²) in [6.45, 7) is 13.9. The summed E-state index contributed by atoms with van der Waals surface area (Å²) in [7, 11) is 0. The fourth-order valence-electron chi connectivity index (χ4n) is 10.7. The average Bonchev–Trinajstić information content (AvgIpc) is 3.76. The topological polar surface area (TPSA) is 16.4 Å². The molecule has 0 bridgehead atoms. The summed E-state index contributed by atoms with van der Waals surface area (Å²) >= 11 is 0. The maximum absolute atomic E-state index is 6.54. The van der Waals surface area contributed by atoms with Gasteiger partial charge in [-0.1, -0.05) is 230 Å². The minimum atomic E-state index is -0.0244. The molecule has 0 aliphatic carbocycles. The molecule has 70 heavy (non-hydrogen) atoms. The summed E-state index contributed by atoms with van der Waals surface area (Å²) in [5.41, 5.74) is 16.9. The van der Waals surface area contributed by atoms with Gasteiger partial charge in [0.15, 0.2) is 0 Å². The van der Waals surface area contributed by atoms with E-state index in [2.05, 4.69) is 265 Å². The van der Waals surface area contributed by atoms with Crippen LogP contribution in [0.3, 0.4) is 0 Å². The van der Waals surface area contributed by atoms with Crippen molar-refractivity contribution in [1.29, 1.82) is 0 Å². The largest absolute Gasteiger partial charge is 0.456 e. The molecule has 0 spiro atoms. The molecule has 12 aromatic rings. The normalized spacial score (nSPS) is 12.1. The van der Waals surface area contributed by atoms with E-state index in [0.29, 0.717) is 0 Å². The van der Waals surface area contributed by atoms with Crippen LogP contribution in [-0.4, -0.2) is 0 Å². The lowest BCUT2D eigenvalue weighted by atomic mass is 9.78. The van der Waals surface area contributed by atoms with E-state index in [9.17, 15) is 0 Å². The summed E-state index contributed by atoms with van der Waals surface area (Å²) < 4.78 is 6.54. The molecule has 11 aromatic carbocycles. The molecule has 2 heteroatoms. The maximum atomic E-state index is 6.54. The van der Waals surface area contributed by atoms with Gasteiger partial charge in [-0.05, 0) is 118 Å². The lowest BCUT2D eigenvalue weighted by Crippen LogP contribution is -2.16. The van der Waals surface area contributed by atoms with Crippen LogP contribution in [-0.2, 0) is 10.8 Å². The van der Waals surface area contributed by atoms with Gasteiger partial charge in [-0.15, -0.1) is 0 Å². The first-order valence-corrected chi connectivity index (χ1v) is 24.6. The fourth-order valence-corrected chi connectivity index (χ4v) is 10.7. The Labute approximate surface area is 411 Å². The molecule has 0 amide bonds. The summed E-state index contributed by atoms with van der Waals surface area (Å²) in [6.07, 6.45) is 0. The Morgan fingerprint density at radius 1 is 0.300 bits per heavy atom. The van der Waals surface area contributed by atoms with Crippen LogP contribution in [0.25, 0.3) is 98.8 Å². The van der Waals surface area contributed by atoms with E-state index in [1.807, 2.05) is 6.07 Å². The maximum Gasteiger partial charge on any atom is 0.136 e. The number of benzene rings is 11. The van der Waals surface area contributed by atoms with Crippen molar-refractivity contribution in [2.45, 2.75) is 52.4 Å². The fraction of sp³-hybridized carbons (Fsp3) is 0.118. The Kier molecular flexibility index (Phi) is 10.3. The lowest BCUT2D eigenvalue weighted by Gasteiger charge is -2.32. The number of rotatable bonds is 7. The Morgan fingerprint density at radius 3 is 1.49 bits per heavy atom. The summed E-state index contributed by atoms with van der Waals surface area (Å²) in [4.78, 5) is 2.52. The van der Waals surface area contributed by atoms with Crippen molar-refractivity contribution in [1.82, 2.24) is 0 Å². The standard InChI is InChI=1S/C68H55NO/c1-67(2,3)48-40-47(41-49(43-48)68(4,5)6)52-28-17-21-45-22-18-31-60(66(45)52)57-26-11-15-34-63(57)69(61-32-13-9-24-51(61)46-37-39-59-58-27-12-16-35-64(58)70-65(59)42-46)62-33-14-10-25-56(62)54-30-19-29-53-50-23-8-7-20-44(50)36-38-55(53)54/h7-43H,1-6H3. The highest BCUT2D eigenvalue weighted by Crippen LogP contribution is 2.51. The molecule has 0 aliphatic rings. The number of hydrogen-bond donors (Lipinski definition) is 0. The highest BCUT2D eigenvalue weighted by molar-refractivity contribution is 6.14. The summed E-state index contributed by atoms with van der Waals surface area (Å²) in [6, 6.07) is 82.8. The average molecular weight is 902 g/mol. The van der Waals surface area contributed by atoms with Gasteiger partial charge in [-0.25, -0.2) is 0 Å². The Morgan fingerprint density at radius 2 is 0.786 bits per heavy atom. The number of hydrogen-bond acceptors (Lipinski definition) is 2. The van der Waals surface area contributed by atoms with Gasteiger partial charge in [0.2, 0.25) is 0 Å². The molecule has 0 atom stereocenters. The molecule has 0 fully saturated rings. The predicted molar refractivity (Wildman–Crippen MR) is 300 cm³/mol. The van der Waals surface area contributed by atoms with Gasteiger partial charge in [0.1, 0.15) is 11.2 Å². The number of furan rings is 1. The Balaban J connectivity index is 1.14. The molecule has 0 aliphatic heterocycles. The number of anilines is 3. The van der Waals surface area contributed by atoms with Crippen molar-refractivity contribution in [3.05, 3.63) is 236 Å². The molecule has 0 saturated carbocycles. The van der Waals surface area contributed by atoms with Crippen molar-refractivity contribution < 1.29 is 4.42 Å². The van der Waals surface area contributed by atoms with Gasteiger partial charge < -0.3 is 9.32 Å². The molecule has 0 unspecified atom stereocenters. The smallest absolute Gasteiger partial charge is 0.136 e. The van der Waals surface area contributed by atoms with Crippen molar-refractivity contribution in [3.8, 4) is 44.5 Å². The van der Waals surface area contributed by atoms with Crippen LogP contribution in [0.4, 0.5) is 17.1 Å². The monoisotopic (exact) mass is 901 g/mol. The van der Waals surface area contributed by atoms with E-state index in [4.69, 9.17) is 4.42 Å². The van der Waals surface area contributed by atoms with E-state index in [-0.39, 0.29) is 10.8 Å². The van der Waals surface area contributed by atoms with Crippen LogP contribution < -0.4 is 4.90 Å². The molecule has 0 radical (unpaired) electrons. The van der Waals surface area contributed by atoms with E-state index >= 15 is 0 Å². The SMILES string of the molecule is CC(C)(C)c1cc(-c2cccc3cccc(-c4ccccc4N(c4ccccc4-c4ccc5c(c4)oc4ccccc45)c4ccccc4-c4cccc5c4ccc4ccccc45)c23)cc(C(C)(C)C)c1. The van der Waals surface area contributed by atoms with Crippen LogP contribution in [0.15, 0.2) is 229 Å². The van der Waals surface area contributed by atoms with Crippen LogP contribution >= 0.6 is 0 Å². The zero-order chi connectivity index (χ0) is 47.7. The van der Waals surface area contributed by atoms with E-state index < -0.39 is 0 Å². The molecule has 2 nitrogen and oxygen atoms in total. The highest BCUT2D eigenvalue weighted by Gasteiger charge is 2.26. The second-order valence-corrected chi connectivity index (χ2v) is 20.9. The van der Waals surface area contributed by atoms with Gasteiger partial charge in [0.25, 0.3) is 0 Å². The first-order chi connectivity index (χ1) is 34.0. The minimum Gasteiger partial charge on any atom is -0.456 e. The van der Waals surface area contributed by atoms with Gasteiger partial charge in [-0.3, -0.25) is 0 Å². The van der Waals surface area contributed by atoms with Crippen molar-refractivity contribution in [2.75, 3.05) is 4.90 Å². The van der Waals surface area contributed by atoms with Gasteiger partial charge in [0, 0.05) is 27.5 Å². The zero-order valence-electron chi connectivity index (χ0n) is 40.7. The first kappa shape index (κ1) is 43.1. The zero-order valence-corrected chi connectivity index (χ0v) is 40.7. The van der Waals surface area contributed by atoms with E-state index in [1.54, 1.807) is 0 Å². The van der Waals surface area contributed by atoms with Crippen LogP contribution in [0.1, 0.15) is 52.7 Å². The third kappa shape index (κ3) is 7.43. The molecule has 1 heterocycles. The number of para-hydroxylation sites is 4. The molecule has 0 saturated heterocycles. The third-order valence-corrected chi connectivity index (χ3v) is 14.4. The number of nitrogens with zero attached hydrogens (tertiary/aromatic N) is 1. The molecule has 1 aromatic heterocycles. The summed E-state index contributed by atoms with van der Waals surface area (Å²) in [5.74, 6) is 0. The molecule has 338 valence electrons. The van der Waals surface area contributed by atoms with Crippen LogP contribution in [0.5, 0.6) is 0 Å². The van der Waals surface area contributed by atoms with E-state index in [1.165, 1.54) is 65.7 Å². The van der Waals surface area contributed by atoms with Gasteiger partial charge in [-0.2, -0.15) is 0 Å². The number of fused-ring (bicyclic) bond motifs is 7. The van der Waals surface area contributed by atoms with E-state index in [0.717, 1.165) is 61.3 Å². The lowest BCUT2D eigenvalue weighted by molar-refractivity contribution is 0.569. The van der Waals surface area contributed by atoms with Crippen molar-refractivity contribution in [3.63, 3.8) is 0 Å². The quantitative estimate of drug-likeness (QED) is 0.148. The second kappa shape index (κ2) is 16.8. The molecular weight excluding hydrogens is 847 g/mol. The van der Waals surface area contributed by atoms with Crippen LogP contribution in [0.2, 0.25) is 0 Å².